The van der Waals surface area contributed by atoms with Crippen molar-refractivity contribution >= 4 is 29.0 Å². The zero-order valence-electron chi connectivity index (χ0n) is 15.3. The van der Waals surface area contributed by atoms with Crippen LogP contribution in [0.25, 0.3) is 10.8 Å². The van der Waals surface area contributed by atoms with Gasteiger partial charge in [0.1, 0.15) is 0 Å². The van der Waals surface area contributed by atoms with Crippen LogP contribution in [-0.4, -0.2) is 27.4 Å². The normalized spacial score (nSPS) is 21.5. The zero-order valence-corrected chi connectivity index (χ0v) is 16.9. The number of amides is 1. The predicted octanol–water partition coefficient (Wildman–Crippen LogP) is 4.46. The van der Waals surface area contributed by atoms with Crippen molar-refractivity contribution in [2.24, 2.45) is 5.92 Å². The second kappa shape index (κ2) is 7.72. The fourth-order valence-electron chi connectivity index (χ4n) is 3.76. The summed E-state index contributed by atoms with van der Waals surface area (Å²) < 4.78 is 5.84. The predicted molar refractivity (Wildman–Crippen MR) is 105 cm³/mol. The van der Waals surface area contributed by atoms with Crippen LogP contribution in [0.1, 0.15) is 56.4 Å². The van der Waals surface area contributed by atoms with Crippen LogP contribution in [0.3, 0.4) is 0 Å². The minimum absolute atomic E-state index is 0.0576. The highest BCUT2D eigenvalue weighted by Gasteiger charge is 2.24. The lowest BCUT2D eigenvalue weighted by atomic mass is 9.90. The first kappa shape index (κ1) is 18.0. The van der Waals surface area contributed by atoms with Crippen LogP contribution in [0.4, 0.5) is 0 Å². The maximum absolute atomic E-state index is 12.3. The van der Waals surface area contributed by atoms with E-state index in [1.807, 2.05) is 6.92 Å². The van der Waals surface area contributed by atoms with Gasteiger partial charge in [-0.05, 0) is 56.6 Å². The van der Waals surface area contributed by atoms with E-state index >= 15 is 0 Å². The summed E-state index contributed by atoms with van der Waals surface area (Å²) in [6.07, 6.45) is 8.15. The summed E-state index contributed by atoms with van der Waals surface area (Å²) in [6.45, 7) is 4.20. The first-order valence-corrected chi connectivity index (χ1v) is 11.2. The molecule has 0 radical (unpaired) electrons. The number of aryl methyl sites for hydroxylation is 1. The van der Waals surface area contributed by atoms with Gasteiger partial charge in [-0.1, -0.05) is 31.5 Å². The van der Waals surface area contributed by atoms with Gasteiger partial charge in [-0.25, -0.2) is 0 Å². The number of thioether (sulfide) groups is 1. The molecule has 1 saturated carbocycles. The monoisotopic (exact) mass is 391 g/mol. The molecule has 4 rings (SSSR count). The van der Waals surface area contributed by atoms with Gasteiger partial charge in [-0.2, -0.15) is 0 Å². The van der Waals surface area contributed by atoms with E-state index in [0.717, 1.165) is 36.5 Å². The number of hydrogen-bond acceptors (Lipinski definition) is 6. The van der Waals surface area contributed by atoms with Crippen molar-refractivity contribution in [1.82, 2.24) is 15.5 Å². The molecule has 0 aliphatic heterocycles. The lowest BCUT2D eigenvalue weighted by molar-refractivity contribution is -0.120. The quantitative estimate of drug-likeness (QED) is 0.762. The fraction of sp³-hybridized carbons (Fsp3) is 0.632. The largest absolute Gasteiger partial charge is 0.410 e. The van der Waals surface area contributed by atoms with Crippen molar-refractivity contribution in [2.45, 2.75) is 75.3 Å². The average molecular weight is 392 g/mol. The van der Waals surface area contributed by atoms with Crippen molar-refractivity contribution in [1.29, 1.82) is 0 Å². The average Bonchev–Trinajstić information content (AvgIpc) is 3.34. The molecule has 0 bridgehead atoms. The number of hydrogen-bond donors (Lipinski definition) is 1. The van der Waals surface area contributed by atoms with Crippen LogP contribution in [0, 0.1) is 5.92 Å². The lowest BCUT2D eigenvalue weighted by Crippen LogP contribution is -2.37. The molecule has 0 spiro atoms. The highest BCUT2D eigenvalue weighted by molar-refractivity contribution is 8.00. The van der Waals surface area contributed by atoms with Gasteiger partial charge in [0.15, 0.2) is 0 Å². The Bertz CT molecular complexity index is 780. The van der Waals surface area contributed by atoms with Gasteiger partial charge in [-0.15, -0.1) is 21.5 Å². The number of aromatic nitrogens is 2. The Kier molecular flexibility index (Phi) is 5.36. The number of rotatable bonds is 5. The van der Waals surface area contributed by atoms with Crippen molar-refractivity contribution < 1.29 is 9.21 Å². The van der Waals surface area contributed by atoms with Crippen LogP contribution in [-0.2, 0) is 17.6 Å². The van der Waals surface area contributed by atoms with Crippen molar-refractivity contribution in [3.8, 4) is 10.8 Å². The van der Waals surface area contributed by atoms with E-state index < -0.39 is 0 Å². The lowest BCUT2D eigenvalue weighted by Gasteiger charge is -2.16. The van der Waals surface area contributed by atoms with Gasteiger partial charge in [0.05, 0.1) is 10.1 Å². The summed E-state index contributed by atoms with van der Waals surface area (Å²) in [7, 11) is 0. The zero-order chi connectivity index (χ0) is 18.1. The van der Waals surface area contributed by atoms with E-state index in [1.165, 1.54) is 41.5 Å². The molecule has 2 heterocycles. The van der Waals surface area contributed by atoms with Gasteiger partial charge in [0, 0.05) is 10.9 Å². The summed E-state index contributed by atoms with van der Waals surface area (Å²) in [4.78, 5) is 14.8. The molecule has 2 aliphatic rings. The van der Waals surface area contributed by atoms with Crippen LogP contribution >= 0.6 is 23.1 Å². The standard InChI is InChI=1S/C19H25N3O2S2/c1-11-7-8-15-13(9-11)10-16(26-15)18-21-22-19(24-18)25-12(2)17(23)20-14-5-3-4-6-14/h10-12,14H,3-9H2,1-2H3,(H,20,23)/t11-,12-/m1/s1. The Labute approximate surface area is 162 Å². The molecule has 2 atom stereocenters. The fourth-order valence-corrected chi connectivity index (χ4v) is 5.58. The first-order chi connectivity index (χ1) is 12.6. The van der Waals surface area contributed by atoms with Gasteiger partial charge in [0.25, 0.3) is 11.1 Å². The SMILES string of the molecule is C[C@@H]1CCc2sc(-c3nnc(S[C@H](C)C(=O)NC4CCCC4)o3)cc2C1. The molecule has 2 aromatic heterocycles. The van der Waals surface area contributed by atoms with Gasteiger partial charge in [0.2, 0.25) is 5.91 Å². The molecule has 26 heavy (non-hydrogen) atoms. The van der Waals surface area contributed by atoms with E-state index in [1.54, 1.807) is 11.3 Å². The Hall–Kier alpha value is -1.34. The number of thiophene rings is 1. The molecular formula is C19H25N3O2S2. The Morgan fingerprint density at radius 3 is 2.96 bits per heavy atom. The molecule has 5 nitrogen and oxygen atoms in total. The molecule has 2 aliphatic carbocycles. The van der Waals surface area contributed by atoms with Crippen LogP contribution < -0.4 is 5.32 Å². The van der Waals surface area contributed by atoms with Crippen molar-refractivity contribution in [3.63, 3.8) is 0 Å². The summed E-state index contributed by atoms with van der Waals surface area (Å²) in [5.74, 6) is 1.38. The molecule has 1 amide bonds. The maximum atomic E-state index is 12.3. The van der Waals surface area contributed by atoms with Crippen LogP contribution in [0.15, 0.2) is 15.7 Å². The second-order valence-corrected chi connectivity index (χ2v) is 9.96. The number of nitrogens with one attached hydrogen (secondary N) is 1. The molecular weight excluding hydrogens is 366 g/mol. The summed E-state index contributed by atoms with van der Waals surface area (Å²) >= 11 is 3.10. The number of carbonyl (C=O) groups is 1. The smallest absolute Gasteiger partial charge is 0.277 e. The Balaban J connectivity index is 1.39. The minimum atomic E-state index is -0.235. The molecule has 0 aromatic carbocycles. The summed E-state index contributed by atoms with van der Waals surface area (Å²) in [5.41, 5.74) is 1.43. The van der Waals surface area contributed by atoms with Gasteiger partial charge in [-0.3, -0.25) is 4.79 Å². The van der Waals surface area contributed by atoms with Gasteiger partial charge < -0.3 is 9.73 Å². The number of nitrogens with zero attached hydrogens (tertiary/aromatic N) is 2. The summed E-state index contributed by atoms with van der Waals surface area (Å²) in [5, 5.41) is 11.7. The molecule has 140 valence electrons. The molecule has 0 saturated heterocycles. The third-order valence-electron chi connectivity index (χ3n) is 5.29. The molecule has 2 aromatic rings. The van der Waals surface area contributed by atoms with E-state index in [2.05, 4.69) is 28.5 Å². The second-order valence-electron chi connectivity index (χ2n) is 7.53. The van der Waals surface area contributed by atoms with E-state index in [4.69, 9.17) is 4.42 Å². The van der Waals surface area contributed by atoms with Crippen molar-refractivity contribution in [2.75, 3.05) is 0 Å². The van der Waals surface area contributed by atoms with E-state index in [0.29, 0.717) is 17.2 Å². The maximum Gasteiger partial charge on any atom is 0.277 e. The van der Waals surface area contributed by atoms with E-state index in [9.17, 15) is 4.79 Å². The van der Waals surface area contributed by atoms with Crippen LogP contribution in [0.5, 0.6) is 0 Å². The highest BCUT2D eigenvalue weighted by atomic mass is 32.2. The summed E-state index contributed by atoms with van der Waals surface area (Å²) in [6, 6.07) is 2.54. The molecule has 7 heteroatoms. The van der Waals surface area contributed by atoms with E-state index in [-0.39, 0.29) is 11.2 Å². The Morgan fingerprint density at radius 2 is 2.15 bits per heavy atom. The van der Waals surface area contributed by atoms with Crippen molar-refractivity contribution in [3.05, 3.63) is 16.5 Å². The number of fused-ring (bicyclic) bond motifs is 1. The molecule has 1 N–H and O–H groups in total. The third kappa shape index (κ3) is 3.98. The Morgan fingerprint density at radius 1 is 1.35 bits per heavy atom. The minimum Gasteiger partial charge on any atom is -0.410 e. The first-order valence-electron chi connectivity index (χ1n) is 9.51. The topological polar surface area (TPSA) is 68.0 Å². The molecule has 1 fully saturated rings. The van der Waals surface area contributed by atoms with Crippen LogP contribution in [0.2, 0.25) is 0 Å². The highest BCUT2D eigenvalue weighted by Crippen LogP contribution is 2.37. The third-order valence-corrected chi connectivity index (χ3v) is 7.45. The van der Waals surface area contributed by atoms with Gasteiger partial charge >= 0.3 is 0 Å². The number of carbonyl (C=O) groups excluding carboxylic acids is 1. The molecule has 0 unspecified atom stereocenters.